The summed E-state index contributed by atoms with van der Waals surface area (Å²) in [5.74, 6) is 0.513. The highest BCUT2D eigenvalue weighted by Crippen LogP contribution is 2.27. The Morgan fingerprint density at radius 3 is 2.64 bits per heavy atom. The summed E-state index contributed by atoms with van der Waals surface area (Å²) < 4.78 is 37.6. The molecule has 1 aromatic heterocycles. The average Bonchev–Trinajstić information content (AvgIpc) is 2.51. The van der Waals surface area contributed by atoms with E-state index in [1.807, 2.05) is 6.92 Å². The third-order valence-electron chi connectivity index (χ3n) is 1.69. The van der Waals surface area contributed by atoms with Crippen molar-refractivity contribution >= 4 is 11.6 Å². The van der Waals surface area contributed by atoms with Crippen LogP contribution < -0.4 is 0 Å². The third kappa shape index (κ3) is 2.90. The van der Waals surface area contributed by atoms with Gasteiger partial charge in [-0.25, -0.2) is 0 Å². The molecular weight excluding hydrogens is 217 g/mol. The van der Waals surface area contributed by atoms with Crippen LogP contribution in [0.3, 0.4) is 0 Å². The van der Waals surface area contributed by atoms with Crippen LogP contribution in [0.2, 0.25) is 0 Å². The van der Waals surface area contributed by atoms with Crippen molar-refractivity contribution in [2.75, 3.05) is 5.88 Å². The Kier molecular flexibility index (Phi) is 3.42. The van der Waals surface area contributed by atoms with Gasteiger partial charge in [-0.3, -0.25) is 4.68 Å². The van der Waals surface area contributed by atoms with E-state index in [-0.39, 0.29) is 5.92 Å². The maximum absolute atomic E-state index is 12.1. The van der Waals surface area contributed by atoms with Crippen LogP contribution >= 0.6 is 11.6 Å². The molecule has 80 valence electrons. The number of alkyl halides is 4. The topological polar surface area (TPSA) is 17.8 Å². The van der Waals surface area contributed by atoms with Gasteiger partial charge in [0, 0.05) is 18.6 Å². The standard InChI is InChI=1S/C8H10ClF3N2/c1-6(4-9)5-14-3-2-7(13-14)8(10,11)12/h2-3,6H,4-5H2,1H3. The predicted octanol–water partition coefficient (Wildman–Crippen LogP) is 2.78. The maximum Gasteiger partial charge on any atom is 0.435 e. The largest absolute Gasteiger partial charge is 0.435 e. The smallest absolute Gasteiger partial charge is 0.272 e. The lowest BCUT2D eigenvalue weighted by Crippen LogP contribution is -2.12. The summed E-state index contributed by atoms with van der Waals surface area (Å²) in [6, 6.07) is 0.959. The summed E-state index contributed by atoms with van der Waals surface area (Å²) in [6.07, 6.45) is -3.05. The number of halogens is 4. The van der Waals surface area contributed by atoms with Gasteiger partial charge in [0.05, 0.1) is 0 Å². The molecule has 0 N–H and O–H groups in total. The Labute approximate surface area is 84.7 Å². The van der Waals surface area contributed by atoms with Gasteiger partial charge >= 0.3 is 6.18 Å². The molecule has 0 aromatic carbocycles. The third-order valence-corrected chi connectivity index (χ3v) is 2.22. The molecule has 0 spiro atoms. The van der Waals surface area contributed by atoms with E-state index in [2.05, 4.69) is 5.10 Å². The van der Waals surface area contributed by atoms with Crippen LogP contribution in [0.1, 0.15) is 12.6 Å². The van der Waals surface area contributed by atoms with E-state index in [0.717, 1.165) is 6.07 Å². The molecule has 1 atom stereocenters. The summed E-state index contributed by atoms with van der Waals surface area (Å²) in [6.45, 7) is 2.25. The Hall–Kier alpha value is -0.710. The van der Waals surface area contributed by atoms with Gasteiger partial charge < -0.3 is 0 Å². The van der Waals surface area contributed by atoms with Crippen molar-refractivity contribution in [3.8, 4) is 0 Å². The van der Waals surface area contributed by atoms with Gasteiger partial charge in [-0.15, -0.1) is 11.6 Å². The van der Waals surface area contributed by atoms with Crippen LogP contribution in [0.5, 0.6) is 0 Å². The Morgan fingerprint density at radius 2 is 2.21 bits per heavy atom. The highest BCUT2D eigenvalue weighted by atomic mass is 35.5. The number of hydrogen-bond donors (Lipinski definition) is 0. The first-order valence-corrected chi connectivity index (χ1v) is 4.63. The van der Waals surface area contributed by atoms with Crippen LogP contribution in [-0.4, -0.2) is 15.7 Å². The van der Waals surface area contributed by atoms with Crippen LogP contribution in [0, 0.1) is 5.92 Å². The van der Waals surface area contributed by atoms with Gasteiger partial charge in [0.25, 0.3) is 0 Å². The number of hydrogen-bond acceptors (Lipinski definition) is 1. The Morgan fingerprint density at radius 1 is 1.57 bits per heavy atom. The second-order valence-corrected chi connectivity index (χ2v) is 3.49. The molecule has 0 saturated carbocycles. The minimum Gasteiger partial charge on any atom is -0.272 e. The van der Waals surface area contributed by atoms with Crippen molar-refractivity contribution in [3.63, 3.8) is 0 Å². The first kappa shape index (κ1) is 11.4. The van der Waals surface area contributed by atoms with Gasteiger partial charge in [0.15, 0.2) is 5.69 Å². The highest BCUT2D eigenvalue weighted by Gasteiger charge is 2.33. The van der Waals surface area contributed by atoms with Crippen molar-refractivity contribution in [3.05, 3.63) is 18.0 Å². The minimum absolute atomic E-state index is 0.109. The quantitative estimate of drug-likeness (QED) is 0.725. The molecule has 2 nitrogen and oxygen atoms in total. The van der Waals surface area contributed by atoms with Gasteiger partial charge in [0.1, 0.15) is 0 Å². The van der Waals surface area contributed by atoms with Crippen LogP contribution in [0.15, 0.2) is 12.3 Å². The second-order valence-electron chi connectivity index (χ2n) is 3.18. The average molecular weight is 227 g/mol. The summed E-state index contributed by atoms with van der Waals surface area (Å²) >= 11 is 5.54. The van der Waals surface area contributed by atoms with E-state index in [9.17, 15) is 13.2 Å². The Balaban J connectivity index is 2.69. The molecule has 1 aromatic rings. The zero-order valence-electron chi connectivity index (χ0n) is 7.55. The molecule has 1 rings (SSSR count). The minimum atomic E-state index is -4.37. The molecule has 6 heteroatoms. The summed E-state index contributed by atoms with van der Waals surface area (Å²) in [7, 11) is 0. The van der Waals surface area contributed by atoms with Gasteiger partial charge in [-0.1, -0.05) is 6.92 Å². The molecule has 0 saturated heterocycles. The first-order chi connectivity index (χ1) is 6.43. The zero-order valence-corrected chi connectivity index (χ0v) is 8.31. The number of rotatable bonds is 3. The second kappa shape index (κ2) is 4.21. The van der Waals surface area contributed by atoms with Crippen LogP contribution in [0.4, 0.5) is 13.2 Å². The van der Waals surface area contributed by atoms with E-state index in [4.69, 9.17) is 11.6 Å². The van der Waals surface area contributed by atoms with Gasteiger partial charge in [-0.2, -0.15) is 18.3 Å². The maximum atomic E-state index is 12.1. The predicted molar refractivity (Wildman–Crippen MR) is 47.1 cm³/mol. The Bertz CT molecular complexity index is 295. The molecule has 1 heterocycles. The lowest BCUT2D eigenvalue weighted by molar-refractivity contribution is -0.141. The van der Waals surface area contributed by atoms with Crippen molar-refractivity contribution in [2.45, 2.75) is 19.6 Å². The van der Waals surface area contributed by atoms with Crippen molar-refractivity contribution in [2.24, 2.45) is 5.92 Å². The summed E-state index contributed by atoms with van der Waals surface area (Å²) in [5, 5.41) is 3.40. The SMILES string of the molecule is CC(CCl)Cn1ccc(C(F)(F)F)n1. The zero-order chi connectivity index (χ0) is 10.8. The fourth-order valence-corrected chi connectivity index (χ4v) is 1.08. The molecule has 0 aliphatic rings. The monoisotopic (exact) mass is 226 g/mol. The van der Waals surface area contributed by atoms with Crippen LogP contribution in [0.25, 0.3) is 0 Å². The molecule has 0 aliphatic heterocycles. The number of nitrogens with zero attached hydrogens (tertiary/aromatic N) is 2. The fourth-order valence-electron chi connectivity index (χ4n) is 0.983. The lowest BCUT2D eigenvalue weighted by atomic mass is 10.2. The van der Waals surface area contributed by atoms with Gasteiger partial charge in [0.2, 0.25) is 0 Å². The van der Waals surface area contributed by atoms with Gasteiger partial charge in [-0.05, 0) is 12.0 Å². The number of aromatic nitrogens is 2. The summed E-state index contributed by atoms with van der Waals surface area (Å²) in [4.78, 5) is 0. The highest BCUT2D eigenvalue weighted by molar-refractivity contribution is 6.18. The molecule has 0 amide bonds. The molecular formula is C8H10ClF3N2. The molecule has 1 unspecified atom stereocenters. The van der Waals surface area contributed by atoms with Crippen molar-refractivity contribution in [1.29, 1.82) is 0 Å². The van der Waals surface area contributed by atoms with E-state index in [1.165, 1.54) is 10.9 Å². The van der Waals surface area contributed by atoms with E-state index < -0.39 is 11.9 Å². The molecule has 0 aliphatic carbocycles. The fraction of sp³-hybridized carbons (Fsp3) is 0.625. The normalized spacial score (nSPS) is 14.4. The lowest BCUT2D eigenvalue weighted by Gasteiger charge is -2.07. The van der Waals surface area contributed by atoms with E-state index >= 15 is 0 Å². The molecule has 0 fully saturated rings. The van der Waals surface area contributed by atoms with E-state index in [0.29, 0.717) is 12.4 Å². The van der Waals surface area contributed by atoms with Crippen LogP contribution in [-0.2, 0) is 12.7 Å². The molecule has 14 heavy (non-hydrogen) atoms. The van der Waals surface area contributed by atoms with Crippen molar-refractivity contribution < 1.29 is 13.2 Å². The van der Waals surface area contributed by atoms with E-state index in [1.54, 1.807) is 0 Å². The molecule has 0 radical (unpaired) electrons. The van der Waals surface area contributed by atoms with Crippen molar-refractivity contribution in [1.82, 2.24) is 9.78 Å². The molecule has 0 bridgehead atoms. The summed E-state index contributed by atoms with van der Waals surface area (Å²) in [5.41, 5.74) is -0.862. The first-order valence-electron chi connectivity index (χ1n) is 4.10.